The maximum atomic E-state index is 12.3. The summed E-state index contributed by atoms with van der Waals surface area (Å²) in [6.07, 6.45) is 3.99. The highest BCUT2D eigenvalue weighted by atomic mass is 16.2. The number of carbonyl (C=O) groups is 2. The molecule has 0 aromatic carbocycles. The van der Waals surface area contributed by atoms with E-state index >= 15 is 0 Å². The monoisotopic (exact) mass is 305 g/mol. The molecule has 22 heavy (non-hydrogen) atoms. The van der Waals surface area contributed by atoms with E-state index in [-0.39, 0.29) is 11.8 Å². The molecule has 122 valence electrons. The van der Waals surface area contributed by atoms with Gasteiger partial charge in [0.25, 0.3) is 0 Å². The van der Waals surface area contributed by atoms with Gasteiger partial charge in [0.05, 0.1) is 12.2 Å². The highest BCUT2D eigenvalue weighted by Crippen LogP contribution is 2.05. The molecule has 0 saturated carbocycles. The Morgan fingerprint density at radius 3 is 2.23 bits per heavy atom. The lowest BCUT2D eigenvalue weighted by molar-refractivity contribution is -0.133. The van der Waals surface area contributed by atoms with E-state index in [2.05, 4.69) is 18.8 Å². The number of hydrogen-bond donors (Lipinski definition) is 0. The molecule has 0 N–H and O–H groups in total. The fraction of sp³-hybridized carbons (Fsp3) is 0.588. The fourth-order valence-corrected chi connectivity index (χ4v) is 2.32. The lowest BCUT2D eigenvalue weighted by atomic mass is 10.2. The number of aromatic nitrogens is 1. The number of rotatable bonds is 9. The quantitative estimate of drug-likeness (QED) is 0.704. The SMILES string of the molecule is CCCN(CCC)C(=O)CCN(Cc1ccccn1)C(C)=O. The average molecular weight is 305 g/mol. The first-order chi connectivity index (χ1) is 10.6. The van der Waals surface area contributed by atoms with Crippen molar-refractivity contribution in [1.29, 1.82) is 0 Å². The number of amides is 2. The van der Waals surface area contributed by atoms with E-state index in [1.54, 1.807) is 11.1 Å². The van der Waals surface area contributed by atoms with Crippen LogP contribution >= 0.6 is 0 Å². The Morgan fingerprint density at radius 1 is 1.05 bits per heavy atom. The smallest absolute Gasteiger partial charge is 0.224 e. The van der Waals surface area contributed by atoms with Crippen LogP contribution in [-0.2, 0) is 16.1 Å². The van der Waals surface area contributed by atoms with Gasteiger partial charge in [-0.15, -0.1) is 0 Å². The first-order valence-electron chi connectivity index (χ1n) is 8.01. The zero-order valence-electron chi connectivity index (χ0n) is 13.9. The van der Waals surface area contributed by atoms with Crippen molar-refractivity contribution in [3.8, 4) is 0 Å². The Bertz CT molecular complexity index is 456. The molecule has 5 heteroatoms. The molecule has 2 amide bonds. The van der Waals surface area contributed by atoms with E-state index in [0.717, 1.165) is 31.6 Å². The van der Waals surface area contributed by atoms with Crippen molar-refractivity contribution >= 4 is 11.8 Å². The van der Waals surface area contributed by atoms with Crippen LogP contribution in [0.2, 0.25) is 0 Å². The largest absolute Gasteiger partial charge is 0.343 e. The molecule has 0 atom stereocenters. The van der Waals surface area contributed by atoms with Gasteiger partial charge in [-0.25, -0.2) is 0 Å². The second kappa shape index (κ2) is 9.92. The molecule has 1 heterocycles. The third-order valence-electron chi connectivity index (χ3n) is 3.46. The molecule has 0 spiro atoms. The number of carbonyl (C=O) groups excluding carboxylic acids is 2. The Kier molecular flexibility index (Phi) is 8.18. The van der Waals surface area contributed by atoms with Crippen LogP contribution in [0.25, 0.3) is 0 Å². The van der Waals surface area contributed by atoms with E-state index in [1.165, 1.54) is 6.92 Å². The molecule has 1 aromatic rings. The molecule has 5 nitrogen and oxygen atoms in total. The minimum Gasteiger partial charge on any atom is -0.343 e. The van der Waals surface area contributed by atoms with Gasteiger partial charge in [0, 0.05) is 39.2 Å². The van der Waals surface area contributed by atoms with Gasteiger partial charge in [-0.05, 0) is 25.0 Å². The summed E-state index contributed by atoms with van der Waals surface area (Å²) in [5.74, 6) is 0.0898. The molecule has 0 aliphatic rings. The van der Waals surface area contributed by atoms with Gasteiger partial charge < -0.3 is 9.80 Å². The molecule has 1 rings (SSSR count). The van der Waals surface area contributed by atoms with Crippen LogP contribution in [0.3, 0.4) is 0 Å². The van der Waals surface area contributed by atoms with E-state index in [0.29, 0.717) is 19.5 Å². The summed E-state index contributed by atoms with van der Waals surface area (Å²) in [5, 5.41) is 0. The van der Waals surface area contributed by atoms with Crippen molar-refractivity contribution in [2.45, 2.75) is 46.6 Å². The van der Waals surface area contributed by atoms with Crippen LogP contribution < -0.4 is 0 Å². The summed E-state index contributed by atoms with van der Waals surface area (Å²) in [5.41, 5.74) is 0.837. The summed E-state index contributed by atoms with van der Waals surface area (Å²) >= 11 is 0. The molecular formula is C17H27N3O2. The Balaban J connectivity index is 2.56. The van der Waals surface area contributed by atoms with Crippen LogP contribution in [0.5, 0.6) is 0 Å². The first-order valence-corrected chi connectivity index (χ1v) is 8.01. The van der Waals surface area contributed by atoms with Gasteiger partial charge in [-0.3, -0.25) is 14.6 Å². The molecule has 0 aliphatic carbocycles. The van der Waals surface area contributed by atoms with Crippen LogP contribution in [0, 0.1) is 0 Å². The zero-order chi connectivity index (χ0) is 16.4. The molecule has 0 aliphatic heterocycles. The highest BCUT2D eigenvalue weighted by Gasteiger charge is 2.16. The van der Waals surface area contributed by atoms with Gasteiger partial charge in [0.1, 0.15) is 0 Å². The summed E-state index contributed by atoms with van der Waals surface area (Å²) < 4.78 is 0. The van der Waals surface area contributed by atoms with Crippen LogP contribution in [0.15, 0.2) is 24.4 Å². The number of nitrogens with zero attached hydrogens (tertiary/aromatic N) is 3. The minimum absolute atomic E-state index is 0.0315. The van der Waals surface area contributed by atoms with Gasteiger partial charge in [-0.1, -0.05) is 19.9 Å². The molecule has 0 unspecified atom stereocenters. The molecule has 0 radical (unpaired) electrons. The van der Waals surface area contributed by atoms with Gasteiger partial charge in [0.15, 0.2) is 0 Å². The van der Waals surface area contributed by atoms with Crippen molar-refractivity contribution in [2.75, 3.05) is 19.6 Å². The van der Waals surface area contributed by atoms with Gasteiger partial charge >= 0.3 is 0 Å². The average Bonchev–Trinajstić information content (AvgIpc) is 2.51. The van der Waals surface area contributed by atoms with Crippen molar-refractivity contribution in [1.82, 2.24) is 14.8 Å². The Labute approximate surface area is 133 Å². The van der Waals surface area contributed by atoms with E-state index in [4.69, 9.17) is 0 Å². The Hall–Kier alpha value is -1.91. The van der Waals surface area contributed by atoms with Gasteiger partial charge in [0.2, 0.25) is 11.8 Å². The first kappa shape index (κ1) is 18.1. The number of hydrogen-bond acceptors (Lipinski definition) is 3. The normalized spacial score (nSPS) is 10.3. The van der Waals surface area contributed by atoms with E-state index < -0.39 is 0 Å². The van der Waals surface area contributed by atoms with E-state index in [1.807, 2.05) is 23.1 Å². The second-order valence-corrected chi connectivity index (χ2v) is 5.39. The minimum atomic E-state index is -0.0315. The second-order valence-electron chi connectivity index (χ2n) is 5.39. The van der Waals surface area contributed by atoms with Crippen molar-refractivity contribution in [3.63, 3.8) is 0 Å². The predicted molar refractivity (Wildman–Crippen MR) is 87.1 cm³/mol. The Morgan fingerprint density at radius 2 is 1.73 bits per heavy atom. The topological polar surface area (TPSA) is 53.5 Å². The third kappa shape index (κ3) is 6.24. The van der Waals surface area contributed by atoms with Gasteiger partial charge in [-0.2, -0.15) is 0 Å². The molecular weight excluding hydrogens is 278 g/mol. The van der Waals surface area contributed by atoms with Crippen LogP contribution in [0.4, 0.5) is 0 Å². The van der Waals surface area contributed by atoms with Crippen molar-refractivity contribution < 1.29 is 9.59 Å². The van der Waals surface area contributed by atoms with Crippen LogP contribution in [0.1, 0.15) is 45.7 Å². The summed E-state index contributed by atoms with van der Waals surface area (Å²) in [6.45, 7) is 8.13. The molecule has 0 bridgehead atoms. The standard InChI is InChI=1S/C17H27N3O2/c1-4-11-19(12-5-2)17(22)9-13-20(15(3)21)14-16-8-6-7-10-18-16/h6-8,10H,4-5,9,11-14H2,1-3H3. The fourth-order valence-electron chi connectivity index (χ4n) is 2.32. The summed E-state index contributed by atoms with van der Waals surface area (Å²) in [4.78, 5) is 31.8. The molecule has 0 fully saturated rings. The maximum absolute atomic E-state index is 12.3. The lowest BCUT2D eigenvalue weighted by Gasteiger charge is -2.24. The maximum Gasteiger partial charge on any atom is 0.224 e. The third-order valence-corrected chi connectivity index (χ3v) is 3.46. The van der Waals surface area contributed by atoms with Crippen molar-refractivity contribution in [2.24, 2.45) is 0 Å². The summed E-state index contributed by atoms with van der Waals surface area (Å²) in [6, 6.07) is 5.63. The highest BCUT2D eigenvalue weighted by molar-refractivity contribution is 5.78. The van der Waals surface area contributed by atoms with E-state index in [9.17, 15) is 9.59 Å². The van der Waals surface area contributed by atoms with Crippen molar-refractivity contribution in [3.05, 3.63) is 30.1 Å². The summed E-state index contributed by atoms with van der Waals surface area (Å²) in [7, 11) is 0. The number of pyridine rings is 1. The lowest BCUT2D eigenvalue weighted by Crippen LogP contribution is -2.37. The molecule has 1 aromatic heterocycles. The zero-order valence-corrected chi connectivity index (χ0v) is 13.9. The van der Waals surface area contributed by atoms with Crippen LogP contribution in [-0.4, -0.2) is 46.2 Å². The molecule has 0 saturated heterocycles. The predicted octanol–water partition coefficient (Wildman–Crippen LogP) is 2.47.